The highest BCUT2D eigenvalue weighted by atomic mass is 16.5. The molecule has 1 aromatic heterocycles. The minimum Gasteiger partial charge on any atom is -0.507 e. The first kappa shape index (κ1) is 46.8. The monoisotopic (exact) mass is 843 g/mol. The Morgan fingerprint density at radius 2 is 1.74 bits per heavy atom. The fourth-order valence-corrected chi connectivity index (χ4v) is 7.69. The SMILES string of the molecule is Cc1nc(-c2ccc(C(C)(C)C)cc2)ncc1C(=O)C[C@@H](CCN)C(=O)N(C)[C@@H]1C(=O)C[C@@H](C)C(=O)N[C@H](C(=O)CCC#N)Cc2ccc(O)c(c2)-c2cc1ccc2OCCN. The number of likely N-dealkylation sites (N-methyl/N-ethyl adjacent to an activating group) is 1. The van der Waals surface area contributed by atoms with Crippen molar-refractivity contribution in [1.29, 1.82) is 5.26 Å². The van der Waals surface area contributed by atoms with Crippen LogP contribution in [-0.4, -0.2) is 81.9 Å². The van der Waals surface area contributed by atoms with Gasteiger partial charge in [-0.2, -0.15) is 5.26 Å². The van der Waals surface area contributed by atoms with Crippen LogP contribution in [0, 0.1) is 30.1 Å². The number of rotatable bonds is 14. The third-order valence-corrected chi connectivity index (χ3v) is 11.3. The van der Waals surface area contributed by atoms with Crippen molar-refractivity contribution >= 4 is 29.2 Å². The average Bonchev–Trinajstić information content (AvgIpc) is 3.24. The number of nitrogens with zero attached hydrogens (tertiary/aromatic N) is 4. The number of nitrogens with two attached hydrogens (primary N) is 2. The lowest BCUT2D eigenvalue weighted by molar-refractivity contribution is -0.142. The molecule has 0 aliphatic carbocycles. The van der Waals surface area contributed by atoms with E-state index in [4.69, 9.17) is 21.5 Å². The molecule has 4 aromatic rings. The van der Waals surface area contributed by atoms with Crippen molar-refractivity contribution in [2.45, 2.75) is 90.6 Å². The lowest BCUT2D eigenvalue weighted by Crippen LogP contribution is -2.46. The molecule has 2 amide bonds. The molecule has 2 heterocycles. The molecule has 0 unspecified atom stereocenters. The first-order valence-electron chi connectivity index (χ1n) is 20.9. The van der Waals surface area contributed by atoms with Crippen LogP contribution in [0.2, 0.25) is 0 Å². The van der Waals surface area contributed by atoms with E-state index >= 15 is 0 Å². The molecule has 0 saturated heterocycles. The van der Waals surface area contributed by atoms with Crippen molar-refractivity contribution in [3.8, 4) is 40.1 Å². The van der Waals surface area contributed by atoms with Crippen LogP contribution in [0.3, 0.4) is 0 Å². The van der Waals surface area contributed by atoms with Crippen LogP contribution in [0.25, 0.3) is 22.5 Å². The van der Waals surface area contributed by atoms with Crippen LogP contribution < -0.4 is 21.5 Å². The molecule has 1 aliphatic heterocycles. The predicted molar refractivity (Wildman–Crippen MR) is 235 cm³/mol. The number of ketones is 3. The second kappa shape index (κ2) is 20.5. The molecule has 0 radical (unpaired) electrons. The summed E-state index contributed by atoms with van der Waals surface area (Å²) in [7, 11) is 1.47. The standard InChI is InChI=1S/C48H57N7O7/c1-28-22-42(59)44(55(6)47(61)33(17-19-50)26-41(58)37-27-52-45(53-29(37)2)31-10-13-34(14-11-31)48(3,4)5)32-12-16-43(62-21-20-51)36(25-32)35-23-30(9-15-39(35)56)24-38(54-46(28)60)40(57)8-7-18-49/h9-16,23,25,27-28,33,38,44,56H,7-8,17,19-22,24,26,50-51H2,1-6H3,(H,54,60)/t28-,33-,38+,44+/m1/s1. The Morgan fingerprint density at radius 1 is 1.02 bits per heavy atom. The number of hydrogen-bond donors (Lipinski definition) is 4. The highest BCUT2D eigenvalue weighted by Gasteiger charge is 2.36. The van der Waals surface area contributed by atoms with Gasteiger partial charge in [-0.3, -0.25) is 24.0 Å². The van der Waals surface area contributed by atoms with Crippen LogP contribution in [0.4, 0.5) is 0 Å². The third-order valence-electron chi connectivity index (χ3n) is 11.3. The smallest absolute Gasteiger partial charge is 0.226 e. The molecule has 6 N–H and O–H groups in total. The zero-order chi connectivity index (χ0) is 45.3. The minimum absolute atomic E-state index is 0.0263. The lowest BCUT2D eigenvalue weighted by Gasteiger charge is -2.32. The van der Waals surface area contributed by atoms with Gasteiger partial charge in [0, 0.05) is 74.0 Å². The highest BCUT2D eigenvalue weighted by molar-refractivity contribution is 6.00. The van der Waals surface area contributed by atoms with Gasteiger partial charge in [0.05, 0.1) is 23.4 Å². The largest absolute Gasteiger partial charge is 0.507 e. The maximum Gasteiger partial charge on any atom is 0.226 e. The van der Waals surface area contributed by atoms with Gasteiger partial charge in [0.2, 0.25) is 11.8 Å². The molecule has 0 fully saturated rings. The van der Waals surface area contributed by atoms with E-state index in [9.17, 15) is 29.1 Å². The van der Waals surface area contributed by atoms with Crippen molar-refractivity contribution in [3.05, 3.63) is 94.8 Å². The number of aromatic hydroxyl groups is 1. The van der Waals surface area contributed by atoms with Gasteiger partial charge in [-0.05, 0) is 72.7 Å². The predicted octanol–water partition coefficient (Wildman–Crippen LogP) is 5.71. The Kier molecular flexibility index (Phi) is 15.5. The molecular weight excluding hydrogens is 787 g/mol. The summed E-state index contributed by atoms with van der Waals surface area (Å²) in [6.45, 7) is 10.1. The second-order valence-corrected chi connectivity index (χ2v) is 17.0. The van der Waals surface area contributed by atoms with E-state index in [0.717, 1.165) is 11.1 Å². The second-order valence-electron chi connectivity index (χ2n) is 17.0. The maximum absolute atomic E-state index is 14.6. The summed E-state index contributed by atoms with van der Waals surface area (Å²) < 4.78 is 6.00. The zero-order valence-corrected chi connectivity index (χ0v) is 36.4. The molecule has 1 aliphatic rings. The fourth-order valence-electron chi connectivity index (χ4n) is 7.69. The van der Waals surface area contributed by atoms with Crippen molar-refractivity contribution in [1.82, 2.24) is 20.2 Å². The molecular formula is C48H57N7O7. The molecule has 14 nitrogen and oxygen atoms in total. The molecule has 3 aromatic carbocycles. The normalized spacial score (nSPS) is 17.2. The van der Waals surface area contributed by atoms with Crippen molar-refractivity contribution < 1.29 is 33.8 Å². The van der Waals surface area contributed by atoms with Gasteiger partial charge in [-0.15, -0.1) is 0 Å². The number of aryl methyl sites for hydroxylation is 1. The summed E-state index contributed by atoms with van der Waals surface area (Å²) >= 11 is 0. The lowest BCUT2D eigenvalue weighted by atomic mass is 9.86. The quantitative estimate of drug-likeness (QED) is 0.112. The first-order chi connectivity index (χ1) is 29.5. The number of aromatic nitrogens is 2. The third kappa shape index (κ3) is 11.1. The number of hydrogen-bond acceptors (Lipinski definition) is 12. The number of ether oxygens (including phenoxy) is 1. The maximum atomic E-state index is 14.6. The van der Waals surface area contributed by atoms with Gasteiger partial charge in [-0.25, -0.2) is 9.97 Å². The number of carbonyl (C=O) groups excluding carboxylic acids is 5. The Hall–Kier alpha value is -6.30. The molecule has 4 bridgehead atoms. The Bertz CT molecular complexity index is 2350. The number of benzene rings is 3. The number of Topliss-reactive ketones (excluding diaryl/α,β-unsaturated/α-hetero) is 3. The van der Waals surface area contributed by atoms with Gasteiger partial charge in [0.25, 0.3) is 0 Å². The summed E-state index contributed by atoms with van der Waals surface area (Å²) in [4.78, 5) is 80.5. The van der Waals surface area contributed by atoms with E-state index in [-0.39, 0.29) is 86.5 Å². The molecule has 14 heteroatoms. The van der Waals surface area contributed by atoms with E-state index in [1.807, 2.05) is 30.3 Å². The number of phenolic OH excluding ortho intramolecular Hbond substituents is 1. The highest BCUT2D eigenvalue weighted by Crippen LogP contribution is 2.40. The van der Waals surface area contributed by atoms with Crippen LogP contribution >= 0.6 is 0 Å². The summed E-state index contributed by atoms with van der Waals surface area (Å²) in [5.41, 5.74) is 16.1. The summed E-state index contributed by atoms with van der Waals surface area (Å²) in [6, 6.07) is 17.3. The number of amides is 2. The molecule has 0 spiro atoms. The van der Waals surface area contributed by atoms with Crippen LogP contribution in [0.1, 0.15) is 98.6 Å². The Labute approximate surface area is 363 Å². The van der Waals surface area contributed by atoms with Gasteiger partial charge in [0.1, 0.15) is 24.1 Å². The van der Waals surface area contributed by atoms with E-state index in [1.165, 1.54) is 24.2 Å². The van der Waals surface area contributed by atoms with Crippen molar-refractivity contribution in [2.24, 2.45) is 23.3 Å². The topological polar surface area (TPSA) is 232 Å². The molecule has 326 valence electrons. The number of phenols is 1. The molecule has 62 heavy (non-hydrogen) atoms. The van der Waals surface area contributed by atoms with Crippen LogP contribution in [0.5, 0.6) is 11.5 Å². The number of carbonyl (C=O) groups is 5. The number of nitrogens with one attached hydrogen (secondary N) is 1. The van der Waals surface area contributed by atoms with Crippen LogP contribution in [-0.2, 0) is 31.0 Å². The summed E-state index contributed by atoms with van der Waals surface area (Å²) in [5.74, 6) is -3.46. The van der Waals surface area contributed by atoms with Gasteiger partial charge in [0.15, 0.2) is 23.2 Å². The summed E-state index contributed by atoms with van der Waals surface area (Å²) in [5, 5.41) is 23.2. The zero-order valence-electron chi connectivity index (χ0n) is 36.4. The first-order valence-corrected chi connectivity index (χ1v) is 20.9. The van der Waals surface area contributed by atoms with E-state index < -0.39 is 41.5 Å². The van der Waals surface area contributed by atoms with Crippen molar-refractivity contribution in [3.63, 3.8) is 0 Å². The van der Waals surface area contributed by atoms with E-state index in [0.29, 0.717) is 39.5 Å². The Morgan fingerprint density at radius 3 is 2.39 bits per heavy atom. The van der Waals surface area contributed by atoms with Crippen molar-refractivity contribution in [2.75, 3.05) is 26.7 Å². The minimum atomic E-state index is -1.26. The fraction of sp³-hybridized carbons (Fsp3) is 0.417. The molecule has 4 atom stereocenters. The Balaban J connectivity index is 1.52. The van der Waals surface area contributed by atoms with E-state index in [1.54, 1.807) is 44.2 Å². The van der Waals surface area contributed by atoms with Crippen LogP contribution in [0.15, 0.2) is 66.9 Å². The van der Waals surface area contributed by atoms with E-state index in [2.05, 4.69) is 36.1 Å². The average molecular weight is 844 g/mol. The number of nitriles is 1. The molecule has 5 rings (SSSR count). The van der Waals surface area contributed by atoms with Gasteiger partial charge >= 0.3 is 0 Å². The molecule has 0 saturated carbocycles. The van der Waals surface area contributed by atoms with Gasteiger partial charge < -0.3 is 31.5 Å². The summed E-state index contributed by atoms with van der Waals surface area (Å²) in [6.07, 6.45) is 0.984. The van der Waals surface area contributed by atoms with Gasteiger partial charge in [-0.1, -0.05) is 64.1 Å². The number of fused-ring (bicyclic) bond motifs is 5.